The summed E-state index contributed by atoms with van der Waals surface area (Å²) >= 11 is 0. The molecule has 5 N–H and O–H groups in total. The van der Waals surface area contributed by atoms with E-state index in [-0.39, 0.29) is 17.8 Å². The Labute approximate surface area is 305 Å². The van der Waals surface area contributed by atoms with E-state index >= 15 is 0 Å². The topological polar surface area (TPSA) is 136 Å². The molecule has 0 bridgehead atoms. The first kappa shape index (κ1) is 37.9. The van der Waals surface area contributed by atoms with Gasteiger partial charge in [0.05, 0.1) is 5.56 Å². The van der Waals surface area contributed by atoms with E-state index in [1.165, 1.54) is 33.8 Å². The number of hydrogen-bond donors (Lipinski definition) is 4. The normalized spacial score (nSPS) is 17.4. The standard InChI is InChI=1S/C40H49FN8O3/c1-27-18-31(30-9-7-29(8-10-30)23-44-16-15-43-3)21-35(19-27)47(4)38-36(20-28(2)22-45-38)40(52)49(26-50)34-13-11-33(12-14-34)46-39(51)37(42)25-48-17-5-6-32(41)24-48/h5-10,18-22,24-26,33-34,43-44H,11-17,23,42H2,1-4H3,(H,46,51)/b37-25-. The molecule has 3 amide bonds. The zero-order chi connectivity index (χ0) is 37.2. The Morgan fingerprint density at radius 1 is 1.02 bits per heavy atom. The van der Waals surface area contributed by atoms with Crippen LogP contribution in [0.25, 0.3) is 11.1 Å². The van der Waals surface area contributed by atoms with Gasteiger partial charge in [0.1, 0.15) is 17.3 Å². The fourth-order valence-corrected chi connectivity index (χ4v) is 6.57. The Kier molecular flexibility index (Phi) is 12.9. The van der Waals surface area contributed by atoms with E-state index in [0.717, 1.165) is 47.6 Å². The first-order chi connectivity index (χ1) is 25.1. The number of pyridine rings is 1. The minimum atomic E-state index is -0.446. The van der Waals surface area contributed by atoms with Crippen LogP contribution in [0.2, 0.25) is 0 Å². The van der Waals surface area contributed by atoms with Gasteiger partial charge in [0.2, 0.25) is 6.41 Å². The molecular formula is C40H49FN8O3. The number of nitrogens with one attached hydrogen (secondary N) is 3. The number of allylic oxidation sites excluding steroid dienone is 2. The Balaban J connectivity index is 1.26. The van der Waals surface area contributed by atoms with Crippen LogP contribution < -0.4 is 26.6 Å². The minimum absolute atomic E-state index is 0.0303. The fourth-order valence-electron chi connectivity index (χ4n) is 6.57. The average Bonchev–Trinajstić information content (AvgIpc) is 3.14. The Morgan fingerprint density at radius 3 is 2.46 bits per heavy atom. The van der Waals surface area contributed by atoms with E-state index in [0.29, 0.717) is 50.0 Å². The molecule has 1 aliphatic heterocycles. The summed E-state index contributed by atoms with van der Waals surface area (Å²) in [5.74, 6) is -0.841. The Hall–Kier alpha value is -5.33. The molecule has 52 heavy (non-hydrogen) atoms. The number of aryl methyl sites for hydroxylation is 2. The van der Waals surface area contributed by atoms with Gasteiger partial charge in [-0.1, -0.05) is 36.4 Å². The van der Waals surface area contributed by atoms with Crippen LogP contribution in [0.5, 0.6) is 0 Å². The molecule has 0 spiro atoms. The largest absolute Gasteiger partial charge is 0.393 e. The molecule has 1 aromatic heterocycles. The van der Waals surface area contributed by atoms with Crippen molar-refractivity contribution in [3.63, 3.8) is 0 Å². The van der Waals surface area contributed by atoms with Gasteiger partial charge in [0.25, 0.3) is 11.8 Å². The lowest BCUT2D eigenvalue weighted by Gasteiger charge is -2.34. The van der Waals surface area contributed by atoms with Crippen LogP contribution in [0.3, 0.4) is 0 Å². The second kappa shape index (κ2) is 17.7. The van der Waals surface area contributed by atoms with E-state index in [1.54, 1.807) is 18.3 Å². The molecule has 2 aromatic carbocycles. The van der Waals surface area contributed by atoms with Crippen LogP contribution in [-0.2, 0) is 16.1 Å². The molecule has 12 heteroatoms. The summed E-state index contributed by atoms with van der Waals surface area (Å²) in [7, 11) is 3.81. The zero-order valence-electron chi connectivity index (χ0n) is 30.4. The highest BCUT2D eigenvalue weighted by molar-refractivity contribution is 6.04. The molecule has 274 valence electrons. The predicted molar refractivity (Wildman–Crippen MR) is 203 cm³/mol. The number of anilines is 2. The van der Waals surface area contributed by atoms with Gasteiger partial charge in [-0.3, -0.25) is 19.3 Å². The molecule has 1 saturated carbocycles. The molecule has 1 aliphatic carbocycles. The summed E-state index contributed by atoms with van der Waals surface area (Å²) in [6.07, 6.45) is 10.1. The number of benzene rings is 2. The highest BCUT2D eigenvalue weighted by Gasteiger charge is 2.32. The fraction of sp³-hybridized carbons (Fsp3) is 0.350. The molecule has 1 fully saturated rings. The van der Waals surface area contributed by atoms with Crippen molar-refractivity contribution in [1.29, 1.82) is 0 Å². The number of aromatic nitrogens is 1. The summed E-state index contributed by atoms with van der Waals surface area (Å²) in [6.45, 7) is 6.91. The van der Waals surface area contributed by atoms with Crippen LogP contribution in [0.1, 0.15) is 52.7 Å². The van der Waals surface area contributed by atoms with E-state index in [9.17, 15) is 18.8 Å². The van der Waals surface area contributed by atoms with Crippen molar-refractivity contribution in [2.45, 2.75) is 58.2 Å². The summed E-state index contributed by atoms with van der Waals surface area (Å²) in [5, 5.41) is 9.50. The number of nitrogens with two attached hydrogens (primary N) is 1. The molecule has 3 aromatic rings. The molecule has 5 rings (SSSR count). The number of likely N-dealkylation sites (N-methyl/N-ethyl adjacent to an activating group) is 1. The molecule has 0 atom stereocenters. The Bertz CT molecular complexity index is 1830. The third-order valence-corrected chi connectivity index (χ3v) is 9.39. The van der Waals surface area contributed by atoms with Crippen LogP contribution in [0, 0.1) is 13.8 Å². The molecule has 0 saturated heterocycles. The van der Waals surface area contributed by atoms with Crippen molar-refractivity contribution in [3.05, 3.63) is 113 Å². The molecule has 0 unspecified atom stereocenters. The van der Waals surface area contributed by atoms with E-state index in [1.807, 2.05) is 38.9 Å². The van der Waals surface area contributed by atoms with Gasteiger partial charge in [-0.05, 0) is 98.7 Å². The van der Waals surface area contributed by atoms with E-state index in [4.69, 9.17) is 5.73 Å². The SMILES string of the molecule is CNCCNCc1ccc(-c2cc(C)cc(N(C)c3ncc(C)cc3C(=O)N(C=O)C3CCC(NC(=O)/C(N)=C/N4C=C(F)C=CC4)CC3)c2)cc1. The van der Waals surface area contributed by atoms with Gasteiger partial charge in [0.15, 0.2) is 0 Å². The summed E-state index contributed by atoms with van der Waals surface area (Å²) < 4.78 is 13.6. The van der Waals surface area contributed by atoms with Crippen LogP contribution in [-0.4, -0.2) is 78.8 Å². The van der Waals surface area contributed by atoms with Gasteiger partial charge in [-0.2, -0.15) is 0 Å². The number of hydrogen-bond acceptors (Lipinski definition) is 9. The summed E-state index contributed by atoms with van der Waals surface area (Å²) in [4.78, 5) is 48.7. The van der Waals surface area contributed by atoms with Crippen molar-refractivity contribution in [2.75, 3.05) is 38.6 Å². The predicted octanol–water partition coefficient (Wildman–Crippen LogP) is 4.95. The maximum Gasteiger partial charge on any atom is 0.268 e. The lowest BCUT2D eigenvalue weighted by molar-refractivity contribution is -0.120. The van der Waals surface area contributed by atoms with Crippen molar-refractivity contribution in [3.8, 4) is 11.1 Å². The van der Waals surface area contributed by atoms with Gasteiger partial charge in [0, 0.05) is 69.6 Å². The minimum Gasteiger partial charge on any atom is -0.393 e. The molecule has 2 aliphatic rings. The van der Waals surface area contributed by atoms with Crippen LogP contribution in [0.15, 0.2) is 90.8 Å². The van der Waals surface area contributed by atoms with Crippen LogP contribution in [0.4, 0.5) is 15.9 Å². The lowest BCUT2D eigenvalue weighted by Crippen LogP contribution is -2.46. The molecule has 2 heterocycles. The summed E-state index contributed by atoms with van der Waals surface area (Å²) in [5.41, 5.74) is 12.3. The maximum atomic E-state index is 14.1. The third kappa shape index (κ3) is 9.71. The average molecular weight is 709 g/mol. The van der Waals surface area contributed by atoms with Crippen molar-refractivity contribution in [2.24, 2.45) is 5.73 Å². The quantitative estimate of drug-likeness (QED) is 0.104. The van der Waals surface area contributed by atoms with E-state index in [2.05, 4.69) is 57.3 Å². The van der Waals surface area contributed by atoms with E-state index < -0.39 is 17.6 Å². The highest BCUT2D eigenvalue weighted by Crippen LogP contribution is 2.33. The second-order valence-electron chi connectivity index (χ2n) is 13.5. The van der Waals surface area contributed by atoms with Crippen molar-refractivity contribution >= 4 is 29.7 Å². The van der Waals surface area contributed by atoms with Crippen molar-refractivity contribution < 1.29 is 18.8 Å². The molecule has 0 radical (unpaired) electrons. The smallest absolute Gasteiger partial charge is 0.268 e. The highest BCUT2D eigenvalue weighted by atomic mass is 19.1. The van der Waals surface area contributed by atoms with Gasteiger partial charge < -0.3 is 31.5 Å². The number of nitrogens with zero attached hydrogens (tertiary/aromatic N) is 4. The first-order valence-electron chi connectivity index (χ1n) is 17.7. The van der Waals surface area contributed by atoms with Gasteiger partial charge >= 0.3 is 0 Å². The lowest BCUT2D eigenvalue weighted by atomic mass is 9.90. The summed E-state index contributed by atoms with van der Waals surface area (Å²) in [6, 6.07) is 16.0. The number of imide groups is 1. The third-order valence-electron chi connectivity index (χ3n) is 9.39. The van der Waals surface area contributed by atoms with Crippen LogP contribution >= 0.6 is 0 Å². The maximum absolute atomic E-state index is 14.1. The number of rotatable bonds is 14. The van der Waals surface area contributed by atoms with Crippen molar-refractivity contribution in [1.82, 2.24) is 30.7 Å². The molecular weight excluding hydrogens is 659 g/mol. The second-order valence-corrected chi connectivity index (χ2v) is 13.5. The monoisotopic (exact) mass is 708 g/mol. The number of carbonyl (C=O) groups is 3. The number of carbonyl (C=O) groups excluding carboxylic acids is 3. The van der Waals surface area contributed by atoms with Gasteiger partial charge in [-0.15, -0.1) is 0 Å². The number of amides is 3. The van der Waals surface area contributed by atoms with Gasteiger partial charge in [-0.25, -0.2) is 9.37 Å². The first-order valence-corrected chi connectivity index (χ1v) is 17.7. The number of halogens is 1. The Morgan fingerprint density at radius 2 is 1.77 bits per heavy atom. The zero-order valence-corrected chi connectivity index (χ0v) is 30.4. The molecule has 11 nitrogen and oxygen atoms in total.